The fraction of sp³-hybridized carbons (Fsp3) is 0.517. The fourth-order valence-electron chi connectivity index (χ4n) is 4.80. The molecule has 0 unspecified atom stereocenters. The van der Waals surface area contributed by atoms with Gasteiger partial charge >= 0.3 is 6.18 Å². The van der Waals surface area contributed by atoms with Gasteiger partial charge in [-0.25, -0.2) is 0 Å². The van der Waals surface area contributed by atoms with Gasteiger partial charge in [-0.05, 0) is 61.8 Å². The van der Waals surface area contributed by atoms with Gasteiger partial charge in [-0.3, -0.25) is 9.59 Å². The number of alkyl halides is 3. The number of rotatable bonds is 10. The van der Waals surface area contributed by atoms with E-state index in [1.54, 1.807) is 45.3 Å². The van der Waals surface area contributed by atoms with E-state index < -0.39 is 23.2 Å². The van der Waals surface area contributed by atoms with Crippen molar-refractivity contribution in [1.82, 2.24) is 9.80 Å². The van der Waals surface area contributed by atoms with Crippen molar-refractivity contribution >= 4 is 23.4 Å². The van der Waals surface area contributed by atoms with Crippen molar-refractivity contribution in [3.8, 4) is 5.75 Å². The third-order valence-electron chi connectivity index (χ3n) is 7.23. The second-order valence-electron chi connectivity index (χ2n) is 10.2. The first-order valence-corrected chi connectivity index (χ1v) is 13.6. The van der Waals surface area contributed by atoms with Crippen LogP contribution in [0, 0.1) is 5.92 Å². The van der Waals surface area contributed by atoms with Gasteiger partial charge in [-0.2, -0.15) is 13.2 Å². The summed E-state index contributed by atoms with van der Waals surface area (Å²) < 4.78 is 47.9. The molecule has 0 spiro atoms. The Morgan fingerprint density at radius 1 is 1.10 bits per heavy atom. The van der Waals surface area contributed by atoms with Gasteiger partial charge in [0.2, 0.25) is 0 Å². The zero-order chi connectivity index (χ0) is 28.8. The summed E-state index contributed by atoms with van der Waals surface area (Å²) in [4.78, 5) is 27.7. The zero-order valence-corrected chi connectivity index (χ0v) is 23.3. The number of halogens is 4. The summed E-state index contributed by atoms with van der Waals surface area (Å²) in [6, 6.07) is 10.5. The predicted octanol–water partition coefficient (Wildman–Crippen LogP) is 5.84. The van der Waals surface area contributed by atoms with Crippen molar-refractivity contribution < 1.29 is 32.6 Å². The van der Waals surface area contributed by atoms with E-state index in [0.29, 0.717) is 47.8 Å². The second-order valence-corrected chi connectivity index (χ2v) is 10.6. The molecule has 1 heterocycles. The van der Waals surface area contributed by atoms with Gasteiger partial charge in [0.05, 0.1) is 17.2 Å². The average molecular weight is 569 g/mol. The maximum Gasteiger partial charge on any atom is 0.430 e. The lowest BCUT2D eigenvalue weighted by atomic mass is 9.87. The number of amides is 2. The van der Waals surface area contributed by atoms with Gasteiger partial charge in [-0.15, -0.1) is 0 Å². The van der Waals surface area contributed by atoms with Crippen molar-refractivity contribution in [3.05, 3.63) is 64.2 Å². The van der Waals surface area contributed by atoms with Gasteiger partial charge in [0.15, 0.2) is 0 Å². The largest absolute Gasteiger partial charge is 0.494 e. The molecule has 3 rings (SSSR count). The van der Waals surface area contributed by atoms with Crippen LogP contribution in [0.4, 0.5) is 13.2 Å². The summed E-state index contributed by atoms with van der Waals surface area (Å²) in [5.74, 6) is -0.647. The molecule has 0 radical (unpaired) electrons. The Hall–Kier alpha value is -2.78. The number of carbonyl (C=O) groups is 2. The Morgan fingerprint density at radius 2 is 1.79 bits per heavy atom. The summed E-state index contributed by atoms with van der Waals surface area (Å²) in [5, 5.41) is 11.1. The molecule has 1 fully saturated rings. The Morgan fingerprint density at radius 3 is 2.38 bits per heavy atom. The monoisotopic (exact) mass is 568 g/mol. The zero-order valence-electron chi connectivity index (χ0n) is 22.6. The van der Waals surface area contributed by atoms with Gasteiger partial charge in [0, 0.05) is 32.7 Å². The number of ether oxygens (including phenoxy) is 1. The van der Waals surface area contributed by atoms with E-state index in [1.807, 2.05) is 0 Å². The molecule has 214 valence electrons. The summed E-state index contributed by atoms with van der Waals surface area (Å²) in [7, 11) is 3.30. The van der Waals surface area contributed by atoms with Crippen LogP contribution in [0.2, 0.25) is 5.02 Å². The molecule has 0 saturated carbocycles. The van der Waals surface area contributed by atoms with E-state index in [0.717, 1.165) is 30.2 Å². The fourth-order valence-corrected chi connectivity index (χ4v) is 5.05. The molecular weight excluding hydrogens is 533 g/mol. The average Bonchev–Trinajstić information content (AvgIpc) is 2.91. The third kappa shape index (κ3) is 7.25. The quantitative estimate of drug-likeness (QED) is 0.366. The number of hydrogen-bond acceptors (Lipinski definition) is 4. The van der Waals surface area contributed by atoms with Crippen LogP contribution in [-0.4, -0.2) is 66.7 Å². The van der Waals surface area contributed by atoms with Crippen LogP contribution in [-0.2, 0) is 16.8 Å². The number of likely N-dealkylation sites (tertiary alicyclic amines) is 1. The van der Waals surface area contributed by atoms with Crippen molar-refractivity contribution in [2.45, 2.75) is 57.2 Å². The van der Waals surface area contributed by atoms with Crippen LogP contribution in [0.25, 0.3) is 0 Å². The molecule has 2 aromatic carbocycles. The highest BCUT2D eigenvalue weighted by Gasteiger charge is 2.62. The molecule has 2 aromatic rings. The maximum atomic E-state index is 14.0. The number of aliphatic hydroxyl groups is 1. The Kier molecular flexibility index (Phi) is 10.3. The molecule has 6 nitrogen and oxygen atoms in total. The number of piperidine rings is 1. The number of hydrogen-bond donors (Lipinski definition) is 1. The first-order valence-electron chi connectivity index (χ1n) is 13.2. The molecule has 0 aliphatic carbocycles. The molecule has 10 heteroatoms. The first-order chi connectivity index (χ1) is 18.4. The molecule has 1 atom stereocenters. The third-order valence-corrected chi connectivity index (χ3v) is 7.54. The van der Waals surface area contributed by atoms with Crippen LogP contribution >= 0.6 is 11.6 Å². The molecule has 39 heavy (non-hydrogen) atoms. The second kappa shape index (κ2) is 13.0. The number of aryl methyl sites for hydroxylation is 1. The van der Waals surface area contributed by atoms with Crippen molar-refractivity contribution in [2.75, 3.05) is 33.8 Å². The number of benzene rings is 2. The molecule has 1 aliphatic rings. The SMILES string of the molecule is CCc1cccc([C@](O)(C(=O)N2CCC(CCCCOc3ccc(C(=O)N(C)C)c(Cl)c3)CC2)C(F)(F)F)c1. The standard InChI is InChI=1S/C29H36ClF3N2O4/c1-4-20-9-7-10-22(18-20)28(38,29(31,32)33)27(37)35-15-13-21(14-16-35)8-5-6-17-39-23-11-12-24(25(30)19-23)26(36)34(2)3/h7,9-12,18-19,21,38H,4-6,8,13-17H2,1-3H3/t28-/m0/s1. The normalized spacial score (nSPS) is 16.1. The van der Waals surface area contributed by atoms with E-state index in [1.165, 1.54) is 17.0 Å². The van der Waals surface area contributed by atoms with Gasteiger partial charge in [0.25, 0.3) is 17.4 Å². The smallest absolute Gasteiger partial charge is 0.430 e. The van der Waals surface area contributed by atoms with E-state index in [9.17, 15) is 27.9 Å². The van der Waals surface area contributed by atoms with E-state index in [2.05, 4.69) is 0 Å². The highest BCUT2D eigenvalue weighted by molar-refractivity contribution is 6.34. The van der Waals surface area contributed by atoms with E-state index in [-0.39, 0.29) is 24.9 Å². The minimum Gasteiger partial charge on any atom is -0.494 e. The lowest BCUT2D eigenvalue weighted by Gasteiger charge is -2.38. The summed E-state index contributed by atoms with van der Waals surface area (Å²) in [6.07, 6.45) is -0.996. The van der Waals surface area contributed by atoms with Crippen LogP contribution in [0.5, 0.6) is 5.75 Å². The Balaban J connectivity index is 1.47. The molecule has 2 amide bonds. The molecule has 1 aliphatic heterocycles. The maximum absolute atomic E-state index is 14.0. The minimum absolute atomic E-state index is 0.169. The Labute approximate surface area is 232 Å². The first kappa shape index (κ1) is 30.8. The lowest BCUT2D eigenvalue weighted by Crippen LogP contribution is -2.57. The number of unbranched alkanes of at least 4 members (excludes halogenated alkanes) is 1. The van der Waals surface area contributed by atoms with E-state index >= 15 is 0 Å². The molecule has 1 saturated heterocycles. The predicted molar refractivity (Wildman–Crippen MR) is 144 cm³/mol. The topological polar surface area (TPSA) is 70.1 Å². The van der Waals surface area contributed by atoms with Crippen molar-refractivity contribution in [1.29, 1.82) is 0 Å². The molecule has 0 bridgehead atoms. The summed E-state index contributed by atoms with van der Waals surface area (Å²) in [6.45, 7) is 2.60. The minimum atomic E-state index is -5.14. The van der Waals surface area contributed by atoms with Crippen LogP contribution in [0.1, 0.15) is 60.5 Å². The molecule has 1 N–H and O–H groups in total. The number of carbonyl (C=O) groups excluding carboxylic acids is 2. The van der Waals surface area contributed by atoms with Crippen LogP contribution in [0.15, 0.2) is 42.5 Å². The molecular formula is C29H36ClF3N2O4. The summed E-state index contributed by atoms with van der Waals surface area (Å²) >= 11 is 6.21. The number of nitrogens with zero attached hydrogens (tertiary/aromatic N) is 2. The van der Waals surface area contributed by atoms with Gasteiger partial charge < -0.3 is 19.6 Å². The van der Waals surface area contributed by atoms with Crippen molar-refractivity contribution in [2.24, 2.45) is 5.92 Å². The van der Waals surface area contributed by atoms with Crippen molar-refractivity contribution in [3.63, 3.8) is 0 Å². The lowest BCUT2D eigenvalue weighted by molar-refractivity contribution is -0.262. The van der Waals surface area contributed by atoms with Gasteiger partial charge in [0.1, 0.15) is 5.75 Å². The Bertz CT molecular complexity index is 1150. The van der Waals surface area contributed by atoms with Gasteiger partial charge in [-0.1, -0.05) is 49.2 Å². The van der Waals surface area contributed by atoms with Crippen LogP contribution < -0.4 is 4.74 Å². The van der Waals surface area contributed by atoms with E-state index in [4.69, 9.17) is 16.3 Å². The summed E-state index contributed by atoms with van der Waals surface area (Å²) in [5.41, 5.74) is -2.99. The van der Waals surface area contributed by atoms with Crippen LogP contribution in [0.3, 0.4) is 0 Å². The molecule has 0 aromatic heterocycles. The highest BCUT2D eigenvalue weighted by Crippen LogP contribution is 2.41. The highest BCUT2D eigenvalue weighted by atomic mass is 35.5.